The zero-order valence-electron chi connectivity index (χ0n) is 11.0. The van der Waals surface area contributed by atoms with Crippen molar-refractivity contribution in [1.29, 1.82) is 0 Å². The maximum atomic E-state index is 10.8. The SMILES string of the molecule is CCCCN(C)CCNc1cccc(C(=O)O)n1. The summed E-state index contributed by atoms with van der Waals surface area (Å²) in [4.78, 5) is 17.0. The van der Waals surface area contributed by atoms with Crippen molar-refractivity contribution in [3.05, 3.63) is 23.9 Å². The Morgan fingerprint density at radius 1 is 1.44 bits per heavy atom. The molecular weight excluding hydrogens is 230 g/mol. The number of carbonyl (C=O) groups is 1. The summed E-state index contributed by atoms with van der Waals surface area (Å²) in [6.07, 6.45) is 2.39. The van der Waals surface area contributed by atoms with Crippen LogP contribution in [0.25, 0.3) is 0 Å². The molecule has 0 amide bonds. The number of hydrogen-bond acceptors (Lipinski definition) is 4. The average molecular weight is 251 g/mol. The van der Waals surface area contributed by atoms with Gasteiger partial charge < -0.3 is 15.3 Å². The number of aromatic carboxylic acids is 1. The molecule has 0 aliphatic carbocycles. The van der Waals surface area contributed by atoms with Gasteiger partial charge in [-0.25, -0.2) is 9.78 Å². The third-order valence-electron chi connectivity index (χ3n) is 2.66. The molecule has 2 N–H and O–H groups in total. The molecule has 0 saturated carbocycles. The molecule has 1 heterocycles. The Labute approximate surface area is 108 Å². The first-order chi connectivity index (χ1) is 8.63. The van der Waals surface area contributed by atoms with Gasteiger partial charge in [-0.3, -0.25) is 0 Å². The topological polar surface area (TPSA) is 65.5 Å². The monoisotopic (exact) mass is 251 g/mol. The highest BCUT2D eigenvalue weighted by Crippen LogP contribution is 2.04. The normalized spacial score (nSPS) is 10.6. The van der Waals surface area contributed by atoms with Gasteiger partial charge in [-0.1, -0.05) is 19.4 Å². The Morgan fingerprint density at radius 3 is 2.89 bits per heavy atom. The Balaban J connectivity index is 2.35. The third kappa shape index (κ3) is 5.14. The van der Waals surface area contributed by atoms with Crippen molar-refractivity contribution in [2.45, 2.75) is 19.8 Å². The second-order valence-corrected chi connectivity index (χ2v) is 4.30. The van der Waals surface area contributed by atoms with E-state index in [-0.39, 0.29) is 5.69 Å². The molecule has 1 aromatic heterocycles. The summed E-state index contributed by atoms with van der Waals surface area (Å²) < 4.78 is 0. The van der Waals surface area contributed by atoms with Crippen LogP contribution in [0.1, 0.15) is 30.3 Å². The zero-order chi connectivity index (χ0) is 13.4. The van der Waals surface area contributed by atoms with E-state index in [9.17, 15) is 4.79 Å². The van der Waals surface area contributed by atoms with Crippen LogP contribution in [-0.4, -0.2) is 47.6 Å². The molecule has 0 atom stereocenters. The lowest BCUT2D eigenvalue weighted by atomic mass is 10.3. The number of pyridine rings is 1. The second kappa shape index (κ2) is 7.66. The second-order valence-electron chi connectivity index (χ2n) is 4.30. The number of carboxylic acid groups (broad SMARTS) is 1. The zero-order valence-corrected chi connectivity index (χ0v) is 11.0. The Hall–Kier alpha value is -1.62. The molecule has 0 aliphatic heterocycles. The molecule has 0 fully saturated rings. The van der Waals surface area contributed by atoms with E-state index < -0.39 is 5.97 Å². The first kappa shape index (κ1) is 14.4. The fourth-order valence-corrected chi connectivity index (χ4v) is 1.57. The molecule has 1 aromatic rings. The molecule has 0 unspecified atom stereocenters. The molecule has 0 aromatic carbocycles. The Bertz CT molecular complexity index is 382. The van der Waals surface area contributed by atoms with E-state index in [1.165, 1.54) is 18.9 Å². The van der Waals surface area contributed by atoms with Crippen molar-refractivity contribution >= 4 is 11.8 Å². The van der Waals surface area contributed by atoms with E-state index >= 15 is 0 Å². The quantitative estimate of drug-likeness (QED) is 0.739. The van der Waals surface area contributed by atoms with Gasteiger partial charge in [0.1, 0.15) is 5.82 Å². The molecule has 0 spiro atoms. The summed E-state index contributed by atoms with van der Waals surface area (Å²) in [5.41, 5.74) is 0.0688. The molecule has 18 heavy (non-hydrogen) atoms. The van der Waals surface area contributed by atoms with Crippen LogP contribution in [0.15, 0.2) is 18.2 Å². The first-order valence-corrected chi connectivity index (χ1v) is 6.26. The minimum absolute atomic E-state index is 0.0688. The number of anilines is 1. The smallest absolute Gasteiger partial charge is 0.354 e. The maximum absolute atomic E-state index is 10.8. The van der Waals surface area contributed by atoms with E-state index in [0.717, 1.165) is 19.6 Å². The standard InChI is InChI=1S/C13H21N3O2/c1-3-4-9-16(2)10-8-14-12-7-5-6-11(15-12)13(17)18/h5-7H,3-4,8-10H2,1-2H3,(H,14,15)(H,17,18). The van der Waals surface area contributed by atoms with Crippen molar-refractivity contribution in [2.24, 2.45) is 0 Å². The highest BCUT2D eigenvalue weighted by atomic mass is 16.4. The number of nitrogens with zero attached hydrogens (tertiary/aromatic N) is 2. The number of aromatic nitrogens is 1. The highest BCUT2D eigenvalue weighted by molar-refractivity contribution is 5.85. The molecule has 0 saturated heterocycles. The van der Waals surface area contributed by atoms with E-state index in [1.54, 1.807) is 12.1 Å². The minimum Gasteiger partial charge on any atom is -0.477 e. The van der Waals surface area contributed by atoms with E-state index in [1.807, 2.05) is 0 Å². The first-order valence-electron chi connectivity index (χ1n) is 6.26. The summed E-state index contributed by atoms with van der Waals surface area (Å²) in [6.45, 7) is 4.93. The number of rotatable bonds is 8. The van der Waals surface area contributed by atoms with Crippen LogP contribution in [-0.2, 0) is 0 Å². The van der Waals surface area contributed by atoms with Crippen LogP contribution in [0.2, 0.25) is 0 Å². The molecule has 0 aliphatic rings. The van der Waals surface area contributed by atoms with Crippen LogP contribution >= 0.6 is 0 Å². The van der Waals surface area contributed by atoms with Gasteiger partial charge in [-0.2, -0.15) is 0 Å². The fraction of sp³-hybridized carbons (Fsp3) is 0.538. The number of nitrogens with one attached hydrogen (secondary N) is 1. The van der Waals surface area contributed by atoms with Crippen LogP contribution < -0.4 is 5.32 Å². The predicted molar refractivity (Wildman–Crippen MR) is 72.1 cm³/mol. The predicted octanol–water partition coefficient (Wildman–Crippen LogP) is 1.92. The lowest BCUT2D eigenvalue weighted by Crippen LogP contribution is -2.26. The average Bonchev–Trinajstić information content (AvgIpc) is 2.36. The maximum Gasteiger partial charge on any atom is 0.354 e. The summed E-state index contributed by atoms with van der Waals surface area (Å²) in [7, 11) is 2.08. The third-order valence-corrected chi connectivity index (χ3v) is 2.66. The highest BCUT2D eigenvalue weighted by Gasteiger charge is 2.04. The van der Waals surface area contributed by atoms with E-state index in [2.05, 4.69) is 29.2 Å². The molecule has 5 heteroatoms. The number of likely N-dealkylation sites (N-methyl/N-ethyl adjacent to an activating group) is 1. The van der Waals surface area contributed by atoms with E-state index in [4.69, 9.17) is 5.11 Å². The van der Waals surface area contributed by atoms with E-state index in [0.29, 0.717) is 5.82 Å². The number of carboxylic acids is 1. The van der Waals surface area contributed by atoms with Gasteiger partial charge in [0, 0.05) is 13.1 Å². The van der Waals surface area contributed by atoms with Crippen LogP contribution in [0.4, 0.5) is 5.82 Å². The van der Waals surface area contributed by atoms with Crippen molar-refractivity contribution in [1.82, 2.24) is 9.88 Å². The lowest BCUT2D eigenvalue weighted by molar-refractivity contribution is 0.0690. The van der Waals surface area contributed by atoms with Crippen molar-refractivity contribution in [2.75, 3.05) is 32.0 Å². The summed E-state index contributed by atoms with van der Waals surface area (Å²) >= 11 is 0. The molecule has 5 nitrogen and oxygen atoms in total. The molecule has 100 valence electrons. The fourth-order valence-electron chi connectivity index (χ4n) is 1.57. The molecule has 1 rings (SSSR count). The van der Waals surface area contributed by atoms with Crippen LogP contribution in [0.3, 0.4) is 0 Å². The minimum atomic E-state index is -1.00. The van der Waals surface area contributed by atoms with Gasteiger partial charge in [-0.05, 0) is 32.1 Å². The van der Waals surface area contributed by atoms with Crippen LogP contribution in [0.5, 0.6) is 0 Å². The van der Waals surface area contributed by atoms with Gasteiger partial charge in [0.15, 0.2) is 5.69 Å². The molecule has 0 bridgehead atoms. The van der Waals surface area contributed by atoms with Gasteiger partial charge >= 0.3 is 5.97 Å². The molecule has 0 radical (unpaired) electrons. The molecular formula is C13H21N3O2. The number of unbranched alkanes of at least 4 members (excludes halogenated alkanes) is 1. The van der Waals surface area contributed by atoms with Crippen molar-refractivity contribution in [3.8, 4) is 0 Å². The lowest BCUT2D eigenvalue weighted by Gasteiger charge is -2.16. The van der Waals surface area contributed by atoms with Crippen LogP contribution in [0, 0.1) is 0 Å². The van der Waals surface area contributed by atoms with Gasteiger partial charge in [-0.15, -0.1) is 0 Å². The van der Waals surface area contributed by atoms with Gasteiger partial charge in [0.25, 0.3) is 0 Å². The van der Waals surface area contributed by atoms with Gasteiger partial charge in [0.2, 0.25) is 0 Å². The Morgan fingerprint density at radius 2 is 2.22 bits per heavy atom. The summed E-state index contributed by atoms with van der Waals surface area (Å²) in [6, 6.07) is 4.96. The number of hydrogen-bond donors (Lipinski definition) is 2. The largest absolute Gasteiger partial charge is 0.477 e. The Kier molecular flexibility index (Phi) is 6.14. The van der Waals surface area contributed by atoms with Crippen molar-refractivity contribution in [3.63, 3.8) is 0 Å². The summed E-state index contributed by atoms with van der Waals surface area (Å²) in [5.74, 6) is -0.391. The summed E-state index contributed by atoms with van der Waals surface area (Å²) in [5, 5.41) is 12.0. The van der Waals surface area contributed by atoms with Crippen molar-refractivity contribution < 1.29 is 9.90 Å². The van der Waals surface area contributed by atoms with Gasteiger partial charge in [0.05, 0.1) is 0 Å².